The number of ether oxygens (including phenoxy) is 3. The van der Waals surface area contributed by atoms with E-state index in [0.29, 0.717) is 38.8 Å². The Hall–Kier alpha value is -4.09. The molecule has 260 valence electrons. The molecule has 0 aromatic heterocycles. The summed E-state index contributed by atoms with van der Waals surface area (Å²) in [7, 11) is 0. The number of fused-ring (bicyclic) bond motifs is 3. The van der Waals surface area contributed by atoms with Crippen molar-refractivity contribution in [2.24, 2.45) is 5.92 Å². The van der Waals surface area contributed by atoms with Crippen LogP contribution in [0.2, 0.25) is 0 Å². The third-order valence-corrected chi connectivity index (χ3v) is 10.4. The van der Waals surface area contributed by atoms with E-state index in [1.165, 1.54) is 10.5 Å². The van der Waals surface area contributed by atoms with Gasteiger partial charge in [-0.3, -0.25) is 9.59 Å². The minimum absolute atomic E-state index is 0.0152. The Kier molecular flexibility index (Phi) is 10.6. The van der Waals surface area contributed by atoms with E-state index in [1.54, 1.807) is 11.8 Å². The first-order valence-electron chi connectivity index (χ1n) is 17.7. The van der Waals surface area contributed by atoms with Gasteiger partial charge >= 0.3 is 18.2 Å². The van der Waals surface area contributed by atoms with E-state index in [1.807, 2.05) is 30.4 Å². The maximum atomic E-state index is 14.3. The van der Waals surface area contributed by atoms with Gasteiger partial charge < -0.3 is 34.6 Å². The first-order chi connectivity index (χ1) is 23.3. The van der Waals surface area contributed by atoms with Crippen molar-refractivity contribution in [3.05, 3.63) is 47.5 Å². The lowest BCUT2D eigenvalue weighted by molar-refractivity contribution is -0.150. The molecule has 0 spiro atoms. The number of esters is 1. The average Bonchev–Trinajstić information content (AvgIpc) is 3.36. The van der Waals surface area contributed by atoms with Crippen LogP contribution in [0.3, 0.4) is 0 Å². The number of alkyl carbamates (subject to hydrolysis) is 1. The summed E-state index contributed by atoms with van der Waals surface area (Å²) >= 11 is 0. The SMILES string of the molecule is CCOC(=O)[C@@]12C[C@H]1/C=C\CCCCC[C@H](NC(=O)OC1CCCC1)C(=O)N1C[C@H](OC(=O)N3CCc4ccccc4C3)C[C@H]1C(=O)N2. The minimum Gasteiger partial charge on any atom is -0.464 e. The van der Waals surface area contributed by atoms with Gasteiger partial charge in [0, 0.05) is 25.4 Å². The van der Waals surface area contributed by atoms with Crippen LogP contribution in [0.1, 0.15) is 88.7 Å². The lowest BCUT2D eigenvalue weighted by Gasteiger charge is -2.30. The molecule has 3 heterocycles. The molecular formula is C36H48N4O8. The second kappa shape index (κ2) is 15.0. The summed E-state index contributed by atoms with van der Waals surface area (Å²) in [5.41, 5.74) is 1.05. The molecule has 0 radical (unpaired) electrons. The first-order valence-corrected chi connectivity index (χ1v) is 17.7. The van der Waals surface area contributed by atoms with Crippen molar-refractivity contribution in [2.75, 3.05) is 19.7 Å². The summed E-state index contributed by atoms with van der Waals surface area (Å²) in [6.07, 6.45) is 10.3. The number of hydrogen-bond donors (Lipinski definition) is 2. The molecule has 2 saturated carbocycles. The zero-order valence-electron chi connectivity index (χ0n) is 27.8. The van der Waals surface area contributed by atoms with E-state index < -0.39 is 53.7 Å². The highest BCUT2D eigenvalue weighted by atomic mass is 16.6. The third kappa shape index (κ3) is 7.63. The second-order valence-electron chi connectivity index (χ2n) is 13.8. The molecule has 3 fully saturated rings. The van der Waals surface area contributed by atoms with Gasteiger partial charge in [0.05, 0.1) is 13.2 Å². The van der Waals surface area contributed by atoms with Crippen molar-refractivity contribution >= 4 is 30.0 Å². The largest absolute Gasteiger partial charge is 0.464 e. The van der Waals surface area contributed by atoms with E-state index in [9.17, 15) is 24.0 Å². The molecule has 5 atom stereocenters. The van der Waals surface area contributed by atoms with Crippen LogP contribution in [0.15, 0.2) is 36.4 Å². The molecule has 1 aromatic rings. The fourth-order valence-electron chi connectivity index (χ4n) is 7.60. The molecule has 48 heavy (non-hydrogen) atoms. The monoisotopic (exact) mass is 664 g/mol. The maximum absolute atomic E-state index is 14.3. The number of allylic oxidation sites excluding steroid dienone is 1. The van der Waals surface area contributed by atoms with E-state index in [0.717, 1.165) is 50.5 Å². The zero-order valence-corrected chi connectivity index (χ0v) is 27.8. The Morgan fingerprint density at radius 2 is 1.75 bits per heavy atom. The number of amides is 4. The van der Waals surface area contributed by atoms with Gasteiger partial charge in [-0.2, -0.15) is 0 Å². The van der Waals surface area contributed by atoms with Gasteiger partial charge in [0.25, 0.3) is 0 Å². The Morgan fingerprint density at radius 1 is 0.979 bits per heavy atom. The van der Waals surface area contributed by atoms with E-state index in [2.05, 4.69) is 16.7 Å². The Labute approximate surface area is 281 Å². The minimum atomic E-state index is -1.21. The van der Waals surface area contributed by atoms with E-state index in [4.69, 9.17) is 14.2 Å². The van der Waals surface area contributed by atoms with Gasteiger partial charge in [-0.25, -0.2) is 14.4 Å². The van der Waals surface area contributed by atoms with Crippen molar-refractivity contribution < 1.29 is 38.2 Å². The molecule has 12 heteroatoms. The summed E-state index contributed by atoms with van der Waals surface area (Å²) in [5, 5.41) is 5.75. The number of nitrogens with one attached hydrogen (secondary N) is 2. The van der Waals surface area contributed by atoms with E-state index in [-0.39, 0.29) is 31.6 Å². The standard InChI is InChI=1S/C36H48N4O8/c1-2-46-33(43)36-21-26(36)14-6-4-3-5-7-17-29(37-34(44)47-27-15-10-11-16-27)32(42)40-23-28(20-30(40)31(41)38-36)48-35(45)39-19-18-24-12-8-9-13-25(24)22-39/h6,8-9,12-14,26-30H,2-5,7,10-11,15-23H2,1H3,(H,37,44)(H,38,41)/b14-6-/t26-,28-,29+,30+,36-/m1/s1. The lowest BCUT2D eigenvalue weighted by atomic mass is 10.0. The quantitative estimate of drug-likeness (QED) is 0.272. The highest BCUT2D eigenvalue weighted by molar-refractivity contribution is 5.96. The van der Waals surface area contributed by atoms with Crippen LogP contribution in [0.5, 0.6) is 0 Å². The van der Waals surface area contributed by atoms with E-state index >= 15 is 0 Å². The first kappa shape index (κ1) is 33.8. The maximum Gasteiger partial charge on any atom is 0.410 e. The molecule has 2 N–H and O–H groups in total. The Morgan fingerprint density at radius 3 is 2.54 bits per heavy atom. The second-order valence-corrected chi connectivity index (χ2v) is 13.8. The van der Waals surface area contributed by atoms with Crippen LogP contribution in [0.4, 0.5) is 9.59 Å². The topological polar surface area (TPSA) is 144 Å². The Bertz CT molecular complexity index is 1410. The Balaban J connectivity index is 1.22. The molecule has 1 saturated heterocycles. The lowest BCUT2D eigenvalue weighted by Crippen LogP contribution is -2.56. The van der Waals surface area contributed by atoms with Crippen LogP contribution >= 0.6 is 0 Å². The molecule has 12 nitrogen and oxygen atoms in total. The number of hydrogen-bond acceptors (Lipinski definition) is 8. The summed E-state index contributed by atoms with van der Waals surface area (Å²) in [4.78, 5) is 70.9. The molecule has 3 aliphatic heterocycles. The fourth-order valence-corrected chi connectivity index (χ4v) is 7.60. The van der Waals surface area contributed by atoms with Crippen LogP contribution < -0.4 is 10.6 Å². The zero-order chi connectivity index (χ0) is 33.7. The normalized spacial score (nSPS) is 30.0. The highest BCUT2D eigenvalue weighted by Crippen LogP contribution is 2.46. The average molecular weight is 665 g/mol. The van der Waals surface area contributed by atoms with Crippen molar-refractivity contribution in [3.8, 4) is 0 Å². The molecule has 0 unspecified atom stereocenters. The molecule has 5 aliphatic rings. The summed E-state index contributed by atoms with van der Waals surface area (Å²) in [6, 6.07) is 6.04. The number of carbonyl (C=O) groups excluding carboxylic acids is 5. The van der Waals surface area contributed by atoms with Gasteiger partial charge in [-0.15, -0.1) is 0 Å². The summed E-state index contributed by atoms with van der Waals surface area (Å²) < 4.78 is 17.0. The van der Waals surface area contributed by atoms with Gasteiger partial charge in [0.1, 0.15) is 29.8 Å². The summed E-state index contributed by atoms with van der Waals surface area (Å²) in [6.45, 7) is 2.79. The predicted octanol–water partition coefficient (Wildman–Crippen LogP) is 4.15. The van der Waals surface area contributed by atoms with Gasteiger partial charge in [0.15, 0.2) is 0 Å². The number of benzene rings is 1. The van der Waals surface area contributed by atoms with Crippen molar-refractivity contribution in [2.45, 2.75) is 120 Å². The van der Waals surface area contributed by atoms with Gasteiger partial charge in [0.2, 0.25) is 11.8 Å². The highest BCUT2D eigenvalue weighted by Gasteiger charge is 2.62. The molecule has 1 aromatic carbocycles. The van der Waals surface area contributed by atoms with Crippen LogP contribution in [-0.4, -0.2) is 89.3 Å². The summed E-state index contributed by atoms with van der Waals surface area (Å²) in [5.74, 6) is -1.67. The molecule has 4 amide bonds. The molecule has 6 rings (SSSR count). The smallest absolute Gasteiger partial charge is 0.410 e. The number of rotatable bonds is 5. The van der Waals surface area contributed by atoms with Crippen LogP contribution in [0, 0.1) is 5.92 Å². The number of nitrogens with zero attached hydrogens (tertiary/aromatic N) is 2. The third-order valence-electron chi connectivity index (χ3n) is 10.4. The van der Waals surface area contributed by atoms with Crippen LogP contribution in [-0.2, 0) is 41.6 Å². The van der Waals surface area contributed by atoms with Crippen molar-refractivity contribution in [1.82, 2.24) is 20.4 Å². The van der Waals surface area contributed by atoms with Gasteiger partial charge in [-0.1, -0.05) is 49.3 Å². The predicted molar refractivity (Wildman–Crippen MR) is 174 cm³/mol. The van der Waals surface area contributed by atoms with Crippen molar-refractivity contribution in [3.63, 3.8) is 0 Å². The molecular weight excluding hydrogens is 616 g/mol. The molecule has 2 aliphatic carbocycles. The van der Waals surface area contributed by atoms with Crippen LogP contribution in [0.25, 0.3) is 0 Å². The number of carbonyl (C=O) groups is 5. The molecule has 0 bridgehead atoms. The fraction of sp³-hybridized carbons (Fsp3) is 0.639. The van der Waals surface area contributed by atoms with Crippen molar-refractivity contribution in [1.29, 1.82) is 0 Å². The van der Waals surface area contributed by atoms with Gasteiger partial charge in [-0.05, 0) is 75.8 Å².